The van der Waals surface area contributed by atoms with Crippen molar-refractivity contribution in [2.45, 2.75) is 37.7 Å². The van der Waals surface area contributed by atoms with Crippen LogP contribution >= 0.6 is 0 Å². The molecule has 2 aromatic rings. The van der Waals surface area contributed by atoms with Crippen molar-refractivity contribution in [2.24, 2.45) is 0 Å². The van der Waals surface area contributed by atoms with E-state index in [1.165, 1.54) is 0 Å². The number of benzene rings is 2. The first kappa shape index (κ1) is 19.7. The Morgan fingerprint density at radius 3 is 2.00 bits per heavy atom. The zero-order valence-electron chi connectivity index (χ0n) is 14.9. The standard InChI is InChI=1S/C20H19F6N/c1-27(2)16-6-7-18-12(10-16)4-3-5-17(18)13-8-14(19(21,22)23)11-15(9-13)20(24,25)26/h3-5,8-9,11,16H,6-7,10H2,1-2H3/t16-/m1/s1. The van der Waals surface area contributed by atoms with E-state index in [-0.39, 0.29) is 11.6 Å². The molecule has 1 atom stereocenters. The van der Waals surface area contributed by atoms with E-state index in [2.05, 4.69) is 4.90 Å². The molecule has 27 heavy (non-hydrogen) atoms. The van der Waals surface area contributed by atoms with Gasteiger partial charge in [-0.1, -0.05) is 18.2 Å². The monoisotopic (exact) mass is 387 g/mol. The van der Waals surface area contributed by atoms with Crippen molar-refractivity contribution < 1.29 is 26.3 Å². The average Bonchev–Trinajstić information content (AvgIpc) is 2.58. The smallest absolute Gasteiger partial charge is 0.306 e. The Labute approximate surface area is 153 Å². The lowest BCUT2D eigenvalue weighted by molar-refractivity contribution is -0.143. The summed E-state index contributed by atoms with van der Waals surface area (Å²) in [7, 11) is 3.92. The molecule has 0 unspecified atom stereocenters. The van der Waals surface area contributed by atoms with Gasteiger partial charge in [0.05, 0.1) is 11.1 Å². The summed E-state index contributed by atoms with van der Waals surface area (Å²) in [5.74, 6) is 0. The topological polar surface area (TPSA) is 3.24 Å². The fraction of sp³-hybridized carbons (Fsp3) is 0.400. The van der Waals surface area contributed by atoms with Gasteiger partial charge in [0.25, 0.3) is 0 Å². The Bertz CT molecular complexity index is 803. The lowest BCUT2D eigenvalue weighted by atomic mass is 9.83. The van der Waals surface area contributed by atoms with Gasteiger partial charge in [-0.15, -0.1) is 0 Å². The maximum Gasteiger partial charge on any atom is 0.416 e. The summed E-state index contributed by atoms with van der Waals surface area (Å²) in [6, 6.07) is 7.28. The first-order valence-corrected chi connectivity index (χ1v) is 8.54. The molecule has 3 rings (SSSR count). The molecule has 0 radical (unpaired) electrons. The number of halogens is 6. The average molecular weight is 387 g/mol. The van der Waals surface area contributed by atoms with Crippen molar-refractivity contribution in [1.29, 1.82) is 0 Å². The first-order valence-electron chi connectivity index (χ1n) is 8.54. The summed E-state index contributed by atoms with van der Waals surface area (Å²) >= 11 is 0. The Balaban J connectivity index is 2.14. The van der Waals surface area contributed by atoms with Crippen LogP contribution in [-0.2, 0) is 25.2 Å². The summed E-state index contributed by atoms with van der Waals surface area (Å²) in [5, 5.41) is 0. The van der Waals surface area contributed by atoms with Crippen LogP contribution in [0.25, 0.3) is 11.1 Å². The number of hydrogen-bond acceptors (Lipinski definition) is 1. The molecule has 0 aromatic heterocycles. The second kappa shape index (κ2) is 6.86. The summed E-state index contributed by atoms with van der Waals surface area (Å²) in [6.07, 6.45) is -7.54. The first-order chi connectivity index (χ1) is 12.5. The predicted molar refractivity (Wildman–Crippen MR) is 91.4 cm³/mol. The molecule has 1 aliphatic rings. The largest absolute Gasteiger partial charge is 0.416 e. The lowest BCUT2D eigenvalue weighted by Gasteiger charge is -2.31. The molecular weight excluding hydrogens is 368 g/mol. The zero-order valence-corrected chi connectivity index (χ0v) is 14.9. The molecule has 0 bridgehead atoms. The molecule has 0 spiro atoms. The Morgan fingerprint density at radius 2 is 1.48 bits per heavy atom. The van der Waals surface area contributed by atoms with E-state index in [9.17, 15) is 26.3 Å². The minimum absolute atomic E-state index is 0.0442. The van der Waals surface area contributed by atoms with E-state index in [1.54, 1.807) is 12.1 Å². The molecule has 0 N–H and O–H groups in total. The van der Waals surface area contributed by atoms with E-state index in [0.29, 0.717) is 18.0 Å². The van der Waals surface area contributed by atoms with Crippen LogP contribution in [0.1, 0.15) is 28.7 Å². The number of nitrogens with zero attached hydrogens (tertiary/aromatic N) is 1. The van der Waals surface area contributed by atoms with Crippen LogP contribution in [0.2, 0.25) is 0 Å². The highest BCUT2D eigenvalue weighted by Gasteiger charge is 2.37. The van der Waals surface area contributed by atoms with Crippen molar-refractivity contribution in [3.8, 4) is 11.1 Å². The number of alkyl halides is 6. The fourth-order valence-corrected chi connectivity index (χ4v) is 3.61. The third kappa shape index (κ3) is 4.13. The van der Waals surface area contributed by atoms with Gasteiger partial charge in [0.1, 0.15) is 0 Å². The van der Waals surface area contributed by atoms with E-state index in [4.69, 9.17) is 0 Å². The van der Waals surface area contributed by atoms with Crippen molar-refractivity contribution >= 4 is 0 Å². The molecule has 1 aliphatic carbocycles. The Hall–Kier alpha value is -2.02. The molecule has 0 fully saturated rings. The van der Waals surface area contributed by atoms with E-state index < -0.39 is 23.5 Å². The van der Waals surface area contributed by atoms with Crippen molar-refractivity contribution in [3.05, 3.63) is 58.7 Å². The maximum absolute atomic E-state index is 13.2. The summed E-state index contributed by atoms with van der Waals surface area (Å²) < 4.78 is 78.9. The molecule has 0 amide bonds. The van der Waals surface area contributed by atoms with Gasteiger partial charge in [-0.25, -0.2) is 0 Å². The van der Waals surface area contributed by atoms with Crippen LogP contribution in [0, 0.1) is 0 Å². The summed E-state index contributed by atoms with van der Waals surface area (Å²) in [4.78, 5) is 2.08. The molecule has 0 aliphatic heterocycles. The van der Waals surface area contributed by atoms with Gasteiger partial charge < -0.3 is 4.90 Å². The molecule has 2 aromatic carbocycles. The van der Waals surface area contributed by atoms with Crippen LogP contribution in [0.4, 0.5) is 26.3 Å². The predicted octanol–water partition coefficient (Wildman–Crippen LogP) is 5.81. The van der Waals surface area contributed by atoms with Gasteiger partial charge in [0, 0.05) is 6.04 Å². The van der Waals surface area contributed by atoms with Crippen molar-refractivity contribution in [2.75, 3.05) is 14.1 Å². The minimum Gasteiger partial charge on any atom is -0.306 e. The molecule has 0 heterocycles. The quantitative estimate of drug-likeness (QED) is 0.588. The van der Waals surface area contributed by atoms with Crippen molar-refractivity contribution in [3.63, 3.8) is 0 Å². The third-order valence-electron chi connectivity index (χ3n) is 5.09. The number of rotatable bonds is 2. The van der Waals surface area contributed by atoms with Crippen LogP contribution in [0.15, 0.2) is 36.4 Å². The minimum atomic E-state index is -4.85. The van der Waals surface area contributed by atoms with Gasteiger partial charge in [-0.2, -0.15) is 26.3 Å². The highest BCUT2D eigenvalue weighted by atomic mass is 19.4. The number of fused-ring (bicyclic) bond motifs is 1. The van der Waals surface area contributed by atoms with Gasteiger partial charge in [0.15, 0.2) is 0 Å². The Morgan fingerprint density at radius 1 is 0.889 bits per heavy atom. The molecular formula is C20H19F6N. The van der Waals surface area contributed by atoms with E-state index in [0.717, 1.165) is 36.1 Å². The number of hydrogen-bond donors (Lipinski definition) is 0. The van der Waals surface area contributed by atoms with Gasteiger partial charge in [-0.3, -0.25) is 0 Å². The summed E-state index contributed by atoms with van der Waals surface area (Å²) in [6.45, 7) is 0. The second-order valence-electron chi connectivity index (χ2n) is 7.10. The summed E-state index contributed by atoms with van der Waals surface area (Å²) in [5.41, 5.74) is -0.358. The second-order valence-corrected chi connectivity index (χ2v) is 7.10. The molecule has 1 nitrogen and oxygen atoms in total. The third-order valence-corrected chi connectivity index (χ3v) is 5.09. The zero-order chi connectivity index (χ0) is 20.0. The van der Waals surface area contributed by atoms with Crippen molar-refractivity contribution in [1.82, 2.24) is 4.90 Å². The molecule has 0 saturated heterocycles. The fourth-order valence-electron chi connectivity index (χ4n) is 3.61. The van der Waals surface area contributed by atoms with Crippen LogP contribution < -0.4 is 0 Å². The van der Waals surface area contributed by atoms with E-state index >= 15 is 0 Å². The van der Waals surface area contributed by atoms with Crippen LogP contribution in [0.3, 0.4) is 0 Å². The van der Waals surface area contributed by atoms with Gasteiger partial charge >= 0.3 is 12.4 Å². The lowest BCUT2D eigenvalue weighted by Crippen LogP contribution is -2.33. The molecule has 7 heteroatoms. The Kier molecular flexibility index (Phi) is 5.01. The van der Waals surface area contributed by atoms with Crippen LogP contribution in [-0.4, -0.2) is 25.0 Å². The number of likely N-dealkylation sites (N-methyl/N-ethyl adjacent to an activating group) is 1. The normalized spacial score (nSPS) is 17.9. The van der Waals surface area contributed by atoms with Gasteiger partial charge in [-0.05, 0) is 73.8 Å². The van der Waals surface area contributed by atoms with Crippen LogP contribution in [0.5, 0.6) is 0 Å². The van der Waals surface area contributed by atoms with Gasteiger partial charge in [0.2, 0.25) is 0 Å². The molecule has 146 valence electrons. The molecule has 0 saturated carbocycles. The van der Waals surface area contributed by atoms with E-state index in [1.807, 2.05) is 20.2 Å². The maximum atomic E-state index is 13.2. The highest BCUT2D eigenvalue weighted by molar-refractivity contribution is 5.71. The highest BCUT2D eigenvalue weighted by Crippen LogP contribution is 2.40. The SMILES string of the molecule is CN(C)[C@@H]1CCc2c(cccc2-c2cc(C(F)(F)F)cc(C(F)(F)F)c2)C1.